The van der Waals surface area contributed by atoms with Gasteiger partial charge in [0.2, 0.25) is 5.91 Å². The number of amides is 1. The van der Waals surface area contributed by atoms with Crippen molar-refractivity contribution in [1.82, 2.24) is 10.2 Å². The molecule has 0 spiro atoms. The average Bonchev–Trinajstić information content (AvgIpc) is 2.33. The Morgan fingerprint density at radius 3 is 2.50 bits per heavy atom. The molecule has 0 aromatic carbocycles. The summed E-state index contributed by atoms with van der Waals surface area (Å²) >= 11 is 0. The summed E-state index contributed by atoms with van der Waals surface area (Å²) in [4.78, 5) is 14.4. The molecule has 1 saturated heterocycles. The second-order valence-corrected chi connectivity index (χ2v) is 4.64. The second kappa shape index (κ2) is 6.89. The van der Waals surface area contributed by atoms with Crippen LogP contribution < -0.4 is 5.32 Å². The maximum atomic E-state index is 12.3. The minimum atomic E-state index is 0.224. The number of carbonyl (C=O) groups excluding carboxylic acids is 1. The Morgan fingerprint density at radius 1 is 1.38 bits per heavy atom. The van der Waals surface area contributed by atoms with Gasteiger partial charge in [0.15, 0.2) is 0 Å². The highest BCUT2D eigenvalue weighted by molar-refractivity contribution is 5.79. The van der Waals surface area contributed by atoms with Gasteiger partial charge in [0, 0.05) is 25.0 Å². The first kappa shape index (κ1) is 13.5. The van der Waals surface area contributed by atoms with E-state index in [4.69, 9.17) is 0 Å². The molecule has 0 aromatic rings. The van der Waals surface area contributed by atoms with Gasteiger partial charge in [-0.25, -0.2) is 0 Å². The third-order valence-electron chi connectivity index (χ3n) is 3.67. The molecule has 1 N–H and O–H groups in total. The maximum absolute atomic E-state index is 12.3. The largest absolute Gasteiger partial charge is 0.338 e. The molecule has 1 rings (SSSR count). The summed E-state index contributed by atoms with van der Waals surface area (Å²) in [5.41, 5.74) is 0. The smallest absolute Gasteiger partial charge is 0.225 e. The first-order valence-electron chi connectivity index (χ1n) is 6.75. The lowest BCUT2D eigenvalue weighted by Gasteiger charge is -2.36. The highest BCUT2D eigenvalue weighted by atomic mass is 16.2. The molecule has 1 aliphatic heterocycles. The normalized spacial score (nSPS) is 21.1. The highest BCUT2D eigenvalue weighted by Gasteiger charge is 2.27. The van der Waals surface area contributed by atoms with Crippen molar-refractivity contribution in [3.05, 3.63) is 0 Å². The van der Waals surface area contributed by atoms with Crippen LogP contribution in [0.2, 0.25) is 0 Å². The van der Waals surface area contributed by atoms with E-state index in [-0.39, 0.29) is 5.92 Å². The van der Waals surface area contributed by atoms with E-state index in [1.54, 1.807) is 0 Å². The summed E-state index contributed by atoms with van der Waals surface area (Å²) < 4.78 is 0. The fraction of sp³-hybridized carbons (Fsp3) is 0.923. The zero-order valence-electron chi connectivity index (χ0n) is 11.0. The SMILES string of the molecule is CCC(CC)C(=O)N(CC)C1CCCNC1. The first-order chi connectivity index (χ1) is 7.74. The number of carbonyl (C=O) groups is 1. The predicted molar refractivity (Wildman–Crippen MR) is 67.4 cm³/mol. The molecule has 0 radical (unpaired) electrons. The molecule has 94 valence electrons. The van der Waals surface area contributed by atoms with Crippen molar-refractivity contribution >= 4 is 5.91 Å². The molecule has 1 fully saturated rings. The minimum Gasteiger partial charge on any atom is -0.338 e. The van der Waals surface area contributed by atoms with Crippen LogP contribution in [0.25, 0.3) is 0 Å². The molecule has 0 saturated carbocycles. The summed E-state index contributed by atoms with van der Waals surface area (Å²) in [5, 5.41) is 3.39. The lowest BCUT2D eigenvalue weighted by Crippen LogP contribution is -2.50. The minimum absolute atomic E-state index is 0.224. The lowest BCUT2D eigenvalue weighted by molar-refractivity contribution is -0.138. The molecule has 1 heterocycles. The summed E-state index contributed by atoms with van der Waals surface area (Å²) in [5.74, 6) is 0.586. The van der Waals surface area contributed by atoms with Gasteiger partial charge in [-0.15, -0.1) is 0 Å². The molecule has 1 atom stereocenters. The van der Waals surface area contributed by atoms with Crippen LogP contribution in [0.1, 0.15) is 46.5 Å². The molecule has 0 bridgehead atoms. The van der Waals surface area contributed by atoms with Crippen LogP contribution in [0.15, 0.2) is 0 Å². The number of hydrogen-bond donors (Lipinski definition) is 1. The summed E-state index contributed by atoms with van der Waals surface area (Å²) in [6.07, 6.45) is 4.28. The van der Waals surface area contributed by atoms with Crippen LogP contribution in [0.5, 0.6) is 0 Å². The van der Waals surface area contributed by atoms with E-state index in [0.717, 1.165) is 38.9 Å². The fourth-order valence-corrected chi connectivity index (χ4v) is 2.57. The standard InChI is InChI=1S/C13H26N2O/c1-4-11(5-2)13(16)15(6-3)12-8-7-9-14-10-12/h11-12,14H,4-10H2,1-3H3. The van der Waals surface area contributed by atoms with E-state index >= 15 is 0 Å². The molecule has 0 aromatic heterocycles. The summed E-state index contributed by atoms with van der Waals surface area (Å²) in [6.45, 7) is 9.24. The van der Waals surface area contributed by atoms with Crippen molar-refractivity contribution < 1.29 is 4.79 Å². The maximum Gasteiger partial charge on any atom is 0.225 e. The van der Waals surface area contributed by atoms with Crippen molar-refractivity contribution in [1.29, 1.82) is 0 Å². The van der Waals surface area contributed by atoms with Crippen LogP contribution in [-0.2, 0) is 4.79 Å². The molecule has 16 heavy (non-hydrogen) atoms. The Bertz CT molecular complexity index is 208. The number of rotatable bonds is 5. The molecule has 1 amide bonds. The molecular weight excluding hydrogens is 200 g/mol. The van der Waals surface area contributed by atoms with E-state index in [9.17, 15) is 4.79 Å². The zero-order valence-corrected chi connectivity index (χ0v) is 11.0. The van der Waals surface area contributed by atoms with Crippen molar-refractivity contribution in [3.63, 3.8) is 0 Å². The highest BCUT2D eigenvalue weighted by Crippen LogP contribution is 2.17. The number of hydrogen-bond acceptors (Lipinski definition) is 2. The number of nitrogens with zero attached hydrogens (tertiary/aromatic N) is 1. The van der Waals surface area contributed by atoms with E-state index in [2.05, 4.69) is 31.0 Å². The molecule has 1 unspecified atom stereocenters. The van der Waals surface area contributed by atoms with Crippen molar-refractivity contribution in [2.75, 3.05) is 19.6 Å². The zero-order chi connectivity index (χ0) is 12.0. The van der Waals surface area contributed by atoms with Gasteiger partial charge in [-0.3, -0.25) is 4.79 Å². The Labute approximate surface area is 99.6 Å². The van der Waals surface area contributed by atoms with Gasteiger partial charge < -0.3 is 10.2 Å². The van der Waals surface area contributed by atoms with Crippen molar-refractivity contribution in [3.8, 4) is 0 Å². The Morgan fingerprint density at radius 2 is 2.06 bits per heavy atom. The van der Waals surface area contributed by atoms with Gasteiger partial charge in [0.1, 0.15) is 0 Å². The van der Waals surface area contributed by atoms with E-state index in [1.165, 1.54) is 6.42 Å². The van der Waals surface area contributed by atoms with Crippen LogP contribution in [-0.4, -0.2) is 36.5 Å². The van der Waals surface area contributed by atoms with E-state index in [0.29, 0.717) is 11.9 Å². The molecule has 3 heteroatoms. The average molecular weight is 226 g/mol. The molecule has 3 nitrogen and oxygen atoms in total. The monoisotopic (exact) mass is 226 g/mol. The summed E-state index contributed by atoms with van der Waals surface area (Å²) in [6, 6.07) is 0.423. The van der Waals surface area contributed by atoms with Crippen LogP contribution in [0.4, 0.5) is 0 Å². The topological polar surface area (TPSA) is 32.3 Å². The number of nitrogens with one attached hydrogen (secondary N) is 1. The number of likely N-dealkylation sites (N-methyl/N-ethyl adjacent to an activating group) is 1. The van der Waals surface area contributed by atoms with Gasteiger partial charge in [0.05, 0.1) is 0 Å². The summed E-state index contributed by atoms with van der Waals surface area (Å²) in [7, 11) is 0. The van der Waals surface area contributed by atoms with Crippen molar-refractivity contribution in [2.45, 2.75) is 52.5 Å². The molecule has 1 aliphatic rings. The second-order valence-electron chi connectivity index (χ2n) is 4.64. The number of piperidine rings is 1. The van der Waals surface area contributed by atoms with Crippen molar-refractivity contribution in [2.24, 2.45) is 5.92 Å². The van der Waals surface area contributed by atoms with E-state index in [1.807, 2.05) is 0 Å². The Hall–Kier alpha value is -0.570. The predicted octanol–water partition coefficient (Wildman–Crippen LogP) is 2.02. The fourth-order valence-electron chi connectivity index (χ4n) is 2.57. The Balaban J connectivity index is 2.60. The quantitative estimate of drug-likeness (QED) is 0.778. The van der Waals surface area contributed by atoms with E-state index < -0.39 is 0 Å². The lowest BCUT2D eigenvalue weighted by atomic mass is 9.98. The molecular formula is C13H26N2O. The van der Waals surface area contributed by atoms with Gasteiger partial charge >= 0.3 is 0 Å². The van der Waals surface area contributed by atoms with Crippen LogP contribution >= 0.6 is 0 Å². The van der Waals surface area contributed by atoms with Gasteiger partial charge in [0.25, 0.3) is 0 Å². The molecule has 0 aliphatic carbocycles. The van der Waals surface area contributed by atoms with Gasteiger partial charge in [-0.05, 0) is 39.2 Å². The van der Waals surface area contributed by atoms with Gasteiger partial charge in [-0.2, -0.15) is 0 Å². The third kappa shape index (κ3) is 3.21. The van der Waals surface area contributed by atoms with Gasteiger partial charge in [-0.1, -0.05) is 13.8 Å². The van der Waals surface area contributed by atoms with Crippen LogP contribution in [0.3, 0.4) is 0 Å². The van der Waals surface area contributed by atoms with Crippen LogP contribution in [0, 0.1) is 5.92 Å². The Kier molecular flexibility index (Phi) is 5.81. The third-order valence-corrected chi connectivity index (χ3v) is 3.67. The first-order valence-corrected chi connectivity index (χ1v) is 6.75.